The van der Waals surface area contributed by atoms with Crippen LogP contribution in [0.25, 0.3) is 11.0 Å². The molecule has 28 heavy (non-hydrogen) atoms. The Labute approximate surface area is 170 Å². The molecule has 1 aliphatic rings. The summed E-state index contributed by atoms with van der Waals surface area (Å²) in [4.78, 5) is 27.0. The number of aromatic nitrogens is 3. The maximum Gasteiger partial charge on any atom is 0.319 e. The number of carbonyl (C=O) groups excluding carboxylic acids is 1. The number of likely N-dealkylation sites (tertiary alicyclic amines) is 1. The molecule has 2 aromatic heterocycles. The number of H-pyrrole nitrogens is 1. The van der Waals surface area contributed by atoms with Crippen molar-refractivity contribution in [1.29, 1.82) is 0 Å². The van der Waals surface area contributed by atoms with Crippen LogP contribution in [0, 0.1) is 6.92 Å². The second-order valence-corrected chi connectivity index (χ2v) is 7.14. The Morgan fingerprint density at radius 1 is 1.25 bits per heavy atom. The van der Waals surface area contributed by atoms with Crippen LogP contribution in [0.3, 0.4) is 0 Å². The van der Waals surface area contributed by atoms with Gasteiger partial charge in [0.05, 0.1) is 29.0 Å². The number of nitrogens with zero attached hydrogens (tertiary/aromatic N) is 3. The highest BCUT2D eigenvalue weighted by Gasteiger charge is 2.30. The summed E-state index contributed by atoms with van der Waals surface area (Å²) in [5, 5.41) is 5.94. The van der Waals surface area contributed by atoms with E-state index in [1.165, 1.54) is 0 Å². The minimum atomic E-state index is -0.196. The molecule has 3 heterocycles. The van der Waals surface area contributed by atoms with Gasteiger partial charge < -0.3 is 15.6 Å². The first-order valence-electron chi connectivity index (χ1n) is 9.23. The van der Waals surface area contributed by atoms with Crippen molar-refractivity contribution < 1.29 is 4.79 Å². The number of carbonyl (C=O) groups is 1. The predicted octanol–water partition coefficient (Wildman–Crippen LogP) is 3.65. The van der Waals surface area contributed by atoms with E-state index in [1.54, 1.807) is 6.20 Å². The third-order valence-electron chi connectivity index (χ3n) is 5.10. The monoisotopic (exact) mass is 400 g/mol. The van der Waals surface area contributed by atoms with E-state index in [-0.39, 0.29) is 30.5 Å². The van der Waals surface area contributed by atoms with E-state index in [1.807, 2.05) is 43.3 Å². The van der Waals surface area contributed by atoms with Crippen LogP contribution in [0.5, 0.6) is 0 Å². The van der Waals surface area contributed by atoms with Crippen LogP contribution in [0.15, 0.2) is 42.6 Å². The molecule has 7 nitrogen and oxygen atoms in total. The molecule has 1 saturated heterocycles. The Kier molecular flexibility index (Phi) is 6.16. The second-order valence-electron chi connectivity index (χ2n) is 7.14. The van der Waals surface area contributed by atoms with E-state index < -0.39 is 0 Å². The number of hydrogen-bond acceptors (Lipinski definition) is 4. The van der Waals surface area contributed by atoms with E-state index >= 15 is 0 Å². The average Bonchev–Trinajstić information content (AvgIpc) is 3.09. The number of benzene rings is 1. The first-order chi connectivity index (χ1) is 13.1. The van der Waals surface area contributed by atoms with Gasteiger partial charge in [-0.25, -0.2) is 9.78 Å². The van der Waals surface area contributed by atoms with Gasteiger partial charge in [-0.15, -0.1) is 12.4 Å². The fourth-order valence-electron chi connectivity index (χ4n) is 3.56. The van der Waals surface area contributed by atoms with Crippen molar-refractivity contribution in [2.45, 2.75) is 31.8 Å². The maximum atomic E-state index is 12.3. The molecule has 0 spiro atoms. The molecule has 1 fully saturated rings. The molecule has 8 heteroatoms. The molecule has 3 N–H and O–H groups in total. The van der Waals surface area contributed by atoms with Crippen molar-refractivity contribution in [2.75, 3.05) is 18.9 Å². The highest BCUT2D eigenvalue weighted by molar-refractivity contribution is 5.89. The first kappa shape index (κ1) is 20.1. The lowest BCUT2D eigenvalue weighted by molar-refractivity contribution is 0.153. The molecular weight excluding hydrogens is 376 g/mol. The summed E-state index contributed by atoms with van der Waals surface area (Å²) < 4.78 is 0. The number of rotatable bonds is 3. The van der Waals surface area contributed by atoms with Gasteiger partial charge in [0.1, 0.15) is 5.82 Å². The number of amides is 2. The molecular formula is C20H25ClN6O. The zero-order valence-corrected chi connectivity index (χ0v) is 16.8. The number of pyridine rings is 1. The van der Waals surface area contributed by atoms with Crippen LogP contribution in [0.2, 0.25) is 0 Å². The molecule has 4 rings (SSSR count). The number of urea groups is 1. The molecule has 3 aromatic rings. The number of fused-ring (bicyclic) bond motifs is 1. The summed E-state index contributed by atoms with van der Waals surface area (Å²) in [6, 6.07) is 11.8. The van der Waals surface area contributed by atoms with Gasteiger partial charge in [-0.05, 0) is 51.1 Å². The van der Waals surface area contributed by atoms with Crippen LogP contribution in [-0.2, 0) is 0 Å². The molecule has 0 unspecified atom stereocenters. The van der Waals surface area contributed by atoms with Crippen LogP contribution in [0.1, 0.15) is 30.4 Å². The van der Waals surface area contributed by atoms with Gasteiger partial charge in [0.15, 0.2) is 0 Å². The zero-order chi connectivity index (χ0) is 18.8. The summed E-state index contributed by atoms with van der Waals surface area (Å²) in [7, 11) is 2.10. The summed E-state index contributed by atoms with van der Waals surface area (Å²) in [5.74, 6) is 0.952. The molecule has 0 saturated carbocycles. The molecule has 0 bridgehead atoms. The molecule has 2 amide bonds. The lowest BCUT2D eigenvalue weighted by atomic mass is 9.97. The van der Waals surface area contributed by atoms with Crippen molar-refractivity contribution in [1.82, 2.24) is 25.2 Å². The van der Waals surface area contributed by atoms with Crippen molar-refractivity contribution in [3.8, 4) is 0 Å². The number of halogens is 1. The Bertz CT molecular complexity index is 908. The normalized spacial score (nSPS) is 19.8. The highest BCUT2D eigenvalue weighted by Crippen LogP contribution is 2.29. The Hall–Kier alpha value is -2.64. The molecule has 2 atom stereocenters. The van der Waals surface area contributed by atoms with Gasteiger partial charge >= 0.3 is 6.03 Å². The topological polar surface area (TPSA) is 85.9 Å². The third-order valence-corrected chi connectivity index (χ3v) is 5.10. The average molecular weight is 401 g/mol. The number of aromatic amines is 1. The van der Waals surface area contributed by atoms with E-state index in [2.05, 4.69) is 32.5 Å². The van der Waals surface area contributed by atoms with Crippen LogP contribution < -0.4 is 10.6 Å². The van der Waals surface area contributed by atoms with Crippen molar-refractivity contribution in [2.24, 2.45) is 0 Å². The largest absolute Gasteiger partial charge is 0.341 e. The predicted molar refractivity (Wildman–Crippen MR) is 113 cm³/mol. The smallest absolute Gasteiger partial charge is 0.319 e. The third kappa shape index (κ3) is 4.43. The Balaban J connectivity index is 0.00000225. The van der Waals surface area contributed by atoms with Gasteiger partial charge in [-0.3, -0.25) is 9.88 Å². The molecule has 0 aliphatic carbocycles. The van der Waals surface area contributed by atoms with Gasteiger partial charge in [0.25, 0.3) is 0 Å². The van der Waals surface area contributed by atoms with Crippen LogP contribution in [0.4, 0.5) is 10.5 Å². The zero-order valence-electron chi connectivity index (χ0n) is 16.0. The number of imidazole rings is 1. The number of piperidine rings is 1. The van der Waals surface area contributed by atoms with E-state index in [0.717, 1.165) is 41.9 Å². The lowest BCUT2D eigenvalue weighted by Gasteiger charge is -2.36. The van der Waals surface area contributed by atoms with Gasteiger partial charge in [-0.2, -0.15) is 0 Å². The number of nitrogens with one attached hydrogen (secondary N) is 3. The van der Waals surface area contributed by atoms with Crippen molar-refractivity contribution in [3.05, 3.63) is 54.1 Å². The number of aryl methyl sites for hydroxylation is 1. The Morgan fingerprint density at radius 2 is 2.07 bits per heavy atom. The maximum absolute atomic E-state index is 12.3. The lowest BCUT2D eigenvalue weighted by Crippen LogP contribution is -2.46. The standard InChI is InChI=1S/C20H24N6O.ClH/c1-13-7-8-15(12-21-13)23-20(27)22-14-9-10-26(2)18(11-14)19-24-16-5-3-4-6-17(16)25-19;/h3-8,12,14,18H,9-11H2,1-2H3,(H,24,25)(H2,22,23,27);1H/t14-,18-;/m1./s1. The number of hydrogen-bond donors (Lipinski definition) is 3. The summed E-state index contributed by atoms with van der Waals surface area (Å²) >= 11 is 0. The highest BCUT2D eigenvalue weighted by atomic mass is 35.5. The molecule has 0 radical (unpaired) electrons. The number of anilines is 1. The fraction of sp³-hybridized carbons (Fsp3) is 0.350. The quantitative estimate of drug-likeness (QED) is 0.626. The van der Waals surface area contributed by atoms with Gasteiger partial charge in [0, 0.05) is 18.3 Å². The minimum Gasteiger partial charge on any atom is -0.341 e. The molecule has 1 aromatic carbocycles. The van der Waals surface area contributed by atoms with Crippen molar-refractivity contribution in [3.63, 3.8) is 0 Å². The fourth-order valence-corrected chi connectivity index (χ4v) is 3.56. The van der Waals surface area contributed by atoms with Gasteiger partial charge in [0.2, 0.25) is 0 Å². The van der Waals surface area contributed by atoms with Crippen LogP contribution >= 0.6 is 12.4 Å². The summed E-state index contributed by atoms with van der Waals surface area (Å²) in [6.45, 7) is 2.82. The number of para-hydroxylation sites is 2. The summed E-state index contributed by atoms with van der Waals surface area (Å²) in [6.07, 6.45) is 3.39. The van der Waals surface area contributed by atoms with E-state index in [4.69, 9.17) is 4.98 Å². The second kappa shape index (κ2) is 8.58. The van der Waals surface area contributed by atoms with Crippen molar-refractivity contribution >= 4 is 35.2 Å². The van der Waals surface area contributed by atoms with Gasteiger partial charge in [-0.1, -0.05) is 12.1 Å². The minimum absolute atomic E-state index is 0. The first-order valence-corrected chi connectivity index (χ1v) is 9.23. The van der Waals surface area contributed by atoms with Crippen LogP contribution in [-0.4, -0.2) is 45.5 Å². The Morgan fingerprint density at radius 3 is 2.82 bits per heavy atom. The summed E-state index contributed by atoms with van der Waals surface area (Å²) in [5.41, 5.74) is 3.63. The SMILES string of the molecule is Cc1ccc(NC(=O)N[C@@H]2CCN(C)[C@@H](c3nc4ccccc4[nH]3)C2)cn1.Cl. The van der Waals surface area contributed by atoms with E-state index in [9.17, 15) is 4.79 Å². The molecule has 148 valence electrons. The molecule has 1 aliphatic heterocycles. The van der Waals surface area contributed by atoms with E-state index in [0.29, 0.717) is 5.69 Å².